The van der Waals surface area contributed by atoms with Crippen molar-refractivity contribution in [2.45, 2.75) is 6.92 Å². The first-order valence-corrected chi connectivity index (χ1v) is 5.36. The van der Waals surface area contributed by atoms with Gasteiger partial charge in [0, 0.05) is 0 Å². The molecule has 0 heterocycles. The van der Waals surface area contributed by atoms with Crippen LogP contribution in [0.5, 0.6) is 5.75 Å². The molecule has 1 rings (SSSR count). The first-order chi connectivity index (χ1) is 6.60. The summed E-state index contributed by atoms with van der Waals surface area (Å²) in [5, 5.41) is 0. The minimum atomic E-state index is -0.132. The quantitative estimate of drug-likeness (QED) is 0.626. The van der Waals surface area contributed by atoms with Gasteiger partial charge >= 0.3 is 0 Å². The van der Waals surface area contributed by atoms with E-state index in [1.54, 1.807) is 6.07 Å². The van der Waals surface area contributed by atoms with Gasteiger partial charge in [0.15, 0.2) is 5.78 Å². The van der Waals surface area contributed by atoms with Gasteiger partial charge < -0.3 is 4.74 Å². The third-order valence-electron chi connectivity index (χ3n) is 1.81. The Balaban J connectivity index is 3.32. The summed E-state index contributed by atoms with van der Waals surface area (Å²) in [7, 11) is 1.53. The number of methoxy groups -OCH3 is 1. The van der Waals surface area contributed by atoms with Gasteiger partial charge in [-0.3, -0.25) is 4.79 Å². The second-order valence-corrected chi connectivity index (χ2v) is 4.01. The monoisotopic (exact) mass is 276 g/mol. The first kappa shape index (κ1) is 11.5. The van der Waals surface area contributed by atoms with Crippen LogP contribution >= 0.6 is 27.5 Å². The minimum absolute atomic E-state index is 0.0355. The number of carbonyl (C=O) groups excluding carboxylic acids is 1. The topological polar surface area (TPSA) is 26.3 Å². The lowest BCUT2D eigenvalue weighted by Gasteiger charge is -2.09. The maximum atomic E-state index is 11.5. The molecule has 0 radical (unpaired) electrons. The molecule has 14 heavy (non-hydrogen) atoms. The summed E-state index contributed by atoms with van der Waals surface area (Å²) in [6.07, 6.45) is 0. The van der Waals surface area contributed by atoms with Crippen molar-refractivity contribution < 1.29 is 9.53 Å². The summed E-state index contributed by atoms with van der Waals surface area (Å²) in [5.74, 6) is 0.376. The number of ketones is 1. The molecule has 0 fully saturated rings. The number of aryl methyl sites for hydroxylation is 1. The van der Waals surface area contributed by atoms with Crippen molar-refractivity contribution >= 4 is 33.3 Å². The molecular weight excluding hydrogens is 267 g/mol. The molecule has 4 heteroatoms. The minimum Gasteiger partial charge on any atom is -0.495 e. The Kier molecular flexibility index (Phi) is 3.96. The lowest BCUT2D eigenvalue weighted by Crippen LogP contribution is -2.04. The molecule has 0 unspecified atom stereocenters. The fourth-order valence-electron chi connectivity index (χ4n) is 1.22. The van der Waals surface area contributed by atoms with Crippen LogP contribution in [0.4, 0.5) is 0 Å². The van der Waals surface area contributed by atoms with Gasteiger partial charge in [-0.2, -0.15) is 0 Å². The average Bonchev–Trinajstić information content (AvgIpc) is 2.15. The smallest absolute Gasteiger partial charge is 0.181 e. The Labute approximate surface area is 96.3 Å². The molecule has 0 aromatic heterocycles. The van der Waals surface area contributed by atoms with E-state index in [-0.39, 0.29) is 11.7 Å². The molecule has 0 aliphatic heterocycles. The van der Waals surface area contributed by atoms with Crippen LogP contribution in [0.15, 0.2) is 16.6 Å². The Morgan fingerprint density at radius 2 is 2.21 bits per heavy atom. The Morgan fingerprint density at radius 1 is 1.57 bits per heavy atom. The fraction of sp³-hybridized carbons (Fsp3) is 0.300. The summed E-state index contributed by atoms with van der Waals surface area (Å²) < 4.78 is 5.90. The number of alkyl halides is 1. The van der Waals surface area contributed by atoms with E-state index in [0.29, 0.717) is 11.3 Å². The molecule has 0 aliphatic carbocycles. The van der Waals surface area contributed by atoms with Gasteiger partial charge in [-0.05, 0) is 40.5 Å². The Hall–Kier alpha value is -0.540. The van der Waals surface area contributed by atoms with Crippen molar-refractivity contribution in [1.29, 1.82) is 0 Å². The highest BCUT2D eigenvalue weighted by atomic mass is 79.9. The van der Waals surface area contributed by atoms with Crippen molar-refractivity contribution in [2.75, 3.05) is 13.0 Å². The standard InChI is InChI=1S/C10H10BrClO2/c1-6-3-7(9(13)5-12)10(14-2)8(11)4-6/h3-4H,5H2,1-2H3. The summed E-state index contributed by atoms with van der Waals surface area (Å²) >= 11 is 8.84. The second-order valence-electron chi connectivity index (χ2n) is 2.88. The van der Waals surface area contributed by atoms with Crippen LogP contribution in [0.3, 0.4) is 0 Å². The van der Waals surface area contributed by atoms with E-state index in [9.17, 15) is 4.79 Å². The number of benzene rings is 1. The van der Waals surface area contributed by atoms with Gasteiger partial charge in [-0.1, -0.05) is 0 Å². The maximum Gasteiger partial charge on any atom is 0.181 e. The molecule has 0 aliphatic rings. The van der Waals surface area contributed by atoms with Crippen molar-refractivity contribution in [1.82, 2.24) is 0 Å². The number of Topliss-reactive ketones (excluding diaryl/α,β-unsaturated/α-hetero) is 1. The number of rotatable bonds is 3. The summed E-state index contributed by atoms with van der Waals surface area (Å²) in [4.78, 5) is 11.5. The van der Waals surface area contributed by atoms with Crippen LogP contribution < -0.4 is 4.74 Å². The highest BCUT2D eigenvalue weighted by Crippen LogP contribution is 2.30. The SMILES string of the molecule is COc1c(Br)cc(C)cc1C(=O)CCl. The van der Waals surface area contributed by atoms with E-state index in [0.717, 1.165) is 10.0 Å². The molecule has 1 aromatic carbocycles. The molecule has 0 amide bonds. The third kappa shape index (κ3) is 2.28. The first-order valence-electron chi connectivity index (χ1n) is 4.03. The van der Waals surface area contributed by atoms with E-state index in [4.69, 9.17) is 16.3 Å². The van der Waals surface area contributed by atoms with Crippen LogP contribution in [0.25, 0.3) is 0 Å². The largest absolute Gasteiger partial charge is 0.495 e. The van der Waals surface area contributed by atoms with Crippen LogP contribution in [-0.4, -0.2) is 18.8 Å². The number of hydrogen-bond acceptors (Lipinski definition) is 2. The van der Waals surface area contributed by atoms with E-state index in [1.807, 2.05) is 13.0 Å². The molecule has 1 aromatic rings. The summed E-state index contributed by atoms with van der Waals surface area (Å²) in [6.45, 7) is 1.91. The van der Waals surface area contributed by atoms with Crippen LogP contribution in [0.1, 0.15) is 15.9 Å². The van der Waals surface area contributed by atoms with Gasteiger partial charge in [0.25, 0.3) is 0 Å². The molecule has 0 N–H and O–H groups in total. The van der Waals surface area contributed by atoms with Crippen LogP contribution in [-0.2, 0) is 0 Å². The Morgan fingerprint density at radius 3 is 2.71 bits per heavy atom. The van der Waals surface area contributed by atoms with Crippen molar-refractivity contribution in [2.24, 2.45) is 0 Å². The number of ether oxygens (including phenoxy) is 1. The van der Waals surface area contributed by atoms with Crippen molar-refractivity contribution in [3.8, 4) is 5.75 Å². The maximum absolute atomic E-state index is 11.5. The van der Waals surface area contributed by atoms with E-state index in [2.05, 4.69) is 15.9 Å². The van der Waals surface area contributed by atoms with Crippen molar-refractivity contribution in [3.05, 3.63) is 27.7 Å². The molecular formula is C10H10BrClO2. The highest BCUT2D eigenvalue weighted by molar-refractivity contribution is 9.10. The van der Waals surface area contributed by atoms with Crippen LogP contribution in [0.2, 0.25) is 0 Å². The molecule has 0 atom stereocenters. The third-order valence-corrected chi connectivity index (χ3v) is 2.65. The Bertz CT molecular complexity index is 363. The van der Waals surface area contributed by atoms with Gasteiger partial charge in [-0.15, -0.1) is 11.6 Å². The van der Waals surface area contributed by atoms with E-state index >= 15 is 0 Å². The van der Waals surface area contributed by atoms with Gasteiger partial charge in [0.05, 0.1) is 23.0 Å². The lowest BCUT2D eigenvalue weighted by atomic mass is 10.1. The molecule has 76 valence electrons. The number of halogens is 2. The second kappa shape index (κ2) is 4.80. The average molecular weight is 278 g/mol. The molecule has 0 spiro atoms. The summed E-state index contributed by atoms with van der Waals surface area (Å²) in [5.41, 5.74) is 1.51. The van der Waals surface area contributed by atoms with Gasteiger partial charge in [0.2, 0.25) is 0 Å². The van der Waals surface area contributed by atoms with Crippen LogP contribution in [0, 0.1) is 6.92 Å². The van der Waals surface area contributed by atoms with E-state index in [1.165, 1.54) is 7.11 Å². The molecule has 0 saturated carbocycles. The lowest BCUT2D eigenvalue weighted by molar-refractivity contribution is 0.101. The predicted molar refractivity (Wildman–Crippen MR) is 60.5 cm³/mol. The van der Waals surface area contributed by atoms with Crippen molar-refractivity contribution in [3.63, 3.8) is 0 Å². The fourth-order valence-corrected chi connectivity index (χ4v) is 2.10. The van der Waals surface area contributed by atoms with E-state index < -0.39 is 0 Å². The normalized spacial score (nSPS) is 10.0. The molecule has 2 nitrogen and oxygen atoms in total. The predicted octanol–water partition coefficient (Wildman–Crippen LogP) is 3.19. The highest BCUT2D eigenvalue weighted by Gasteiger charge is 2.14. The number of hydrogen-bond donors (Lipinski definition) is 0. The zero-order valence-electron chi connectivity index (χ0n) is 7.93. The molecule has 0 saturated heterocycles. The zero-order valence-corrected chi connectivity index (χ0v) is 10.3. The summed E-state index contributed by atoms with van der Waals surface area (Å²) in [6, 6.07) is 3.66. The van der Waals surface area contributed by atoms with Gasteiger partial charge in [-0.25, -0.2) is 0 Å². The zero-order chi connectivity index (χ0) is 10.7. The molecule has 0 bridgehead atoms. The number of carbonyl (C=O) groups is 1. The van der Waals surface area contributed by atoms with Gasteiger partial charge in [0.1, 0.15) is 5.75 Å².